The number of hydrogen-bond acceptors (Lipinski definition) is 7. The Kier molecular flexibility index (Phi) is 8.52. The highest BCUT2D eigenvalue weighted by Crippen LogP contribution is 2.32. The minimum Gasteiger partial charge on any atom is -0.493 e. The van der Waals surface area contributed by atoms with Gasteiger partial charge in [0.2, 0.25) is 0 Å². The monoisotopic (exact) mass is 435 g/mol. The van der Waals surface area contributed by atoms with Crippen molar-refractivity contribution in [3.8, 4) is 17.6 Å². The summed E-state index contributed by atoms with van der Waals surface area (Å²) in [7, 11) is 1.59. The van der Waals surface area contributed by atoms with Crippen molar-refractivity contribution >= 4 is 11.7 Å². The van der Waals surface area contributed by atoms with Crippen LogP contribution in [0.5, 0.6) is 11.5 Å². The molecule has 0 saturated carbocycles. The number of nitrogens with one attached hydrogen (secondary N) is 1. The summed E-state index contributed by atoms with van der Waals surface area (Å²) in [5, 5.41) is 12.1. The Morgan fingerprint density at radius 1 is 1.19 bits per heavy atom. The molecule has 2 aromatic carbocycles. The van der Waals surface area contributed by atoms with Crippen LogP contribution in [-0.2, 0) is 16.1 Å². The van der Waals surface area contributed by atoms with Gasteiger partial charge in [-0.2, -0.15) is 5.26 Å². The van der Waals surface area contributed by atoms with Gasteiger partial charge < -0.3 is 19.5 Å². The standard InChI is InChI=1S/C25H29N3O4/c1-3-31-25(29)20(16-26)17-27-21-9-10-23(24(15-21)30-2)32-22-11-13-28(14-12-22)18-19-7-5-4-6-8-19/h4-10,15,17,22,27H,3,11-14,18H2,1-2H3/b20-17+. The van der Waals surface area contributed by atoms with E-state index in [0.717, 1.165) is 32.5 Å². The summed E-state index contributed by atoms with van der Waals surface area (Å²) >= 11 is 0. The number of esters is 1. The second kappa shape index (κ2) is 11.8. The van der Waals surface area contributed by atoms with Gasteiger partial charge in [0, 0.05) is 37.6 Å². The third-order valence-corrected chi connectivity index (χ3v) is 5.24. The van der Waals surface area contributed by atoms with Gasteiger partial charge in [0.1, 0.15) is 12.2 Å². The van der Waals surface area contributed by atoms with E-state index in [-0.39, 0.29) is 18.3 Å². The molecule has 0 amide bonds. The summed E-state index contributed by atoms with van der Waals surface area (Å²) in [5.74, 6) is 0.604. The number of nitrogens with zero attached hydrogens (tertiary/aromatic N) is 2. The van der Waals surface area contributed by atoms with Gasteiger partial charge in [0.05, 0.1) is 13.7 Å². The zero-order chi connectivity index (χ0) is 22.8. The number of rotatable bonds is 9. The van der Waals surface area contributed by atoms with E-state index in [0.29, 0.717) is 17.2 Å². The van der Waals surface area contributed by atoms with Crippen molar-refractivity contribution in [2.45, 2.75) is 32.4 Å². The SMILES string of the molecule is CCOC(=O)/C(C#N)=C/Nc1ccc(OC2CCN(Cc3ccccc3)CC2)c(OC)c1. The molecule has 3 rings (SSSR count). The number of benzene rings is 2. The Bertz CT molecular complexity index is 961. The maximum absolute atomic E-state index is 11.7. The van der Waals surface area contributed by atoms with E-state index < -0.39 is 5.97 Å². The largest absolute Gasteiger partial charge is 0.493 e. The van der Waals surface area contributed by atoms with Crippen molar-refractivity contribution in [1.29, 1.82) is 5.26 Å². The number of hydrogen-bond donors (Lipinski definition) is 1. The number of anilines is 1. The van der Waals surface area contributed by atoms with E-state index >= 15 is 0 Å². The smallest absolute Gasteiger partial charge is 0.350 e. The number of nitriles is 1. The summed E-state index contributed by atoms with van der Waals surface area (Å²) < 4.78 is 16.6. The zero-order valence-corrected chi connectivity index (χ0v) is 18.5. The normalized spacial score (nSPS) is 15.0. The molecule has 7 heteroatoms. The molecule has 1 N–H and O–H groups in total. The molecule has 0 atom stereocenters. The molecule has 2 aromatic rings. The molecule has 0 radical (unpaired) electrons. The molecule has 0 unspecified atom stereocenters. The number of carbonyl (C=O) groups excluding carboxylic acids is 1. The summed E-state index contributed by atoms with van der Waals surface area (Å²) in [4.78, 5) is 14.2. The number of carbonyl (C=O) groups is 1. The Hall–Kier alpha value is -3.50. The van der Waals surface area contributed by atoms with E-state index in [9.17, 15) is 4.79 Å². The lowest BCUT2D eigenvalue weighted by atomic mass is 10.1. The Balaban J connectivity index is 1.56. The van der Waals surface area contributed by atoms with E-state index in [1.165, 1.54) is 11.8 Å². The fourth-order valence-corrected chi connectivity index (χ4v) is 3.56. The Labute approximate surface area is 189 Å². The van der Waals surface area contributed by atoms with Crippen LogP contribution in [-0.4, -0.2) is 43.8 Å². The molecule has 1 aliphatic heterocycles. The number of piperidine rings is 1. The van der Waals surface area contributed by atoms with E-state index in [1.54, 1.807) is 20.1 Å². The van der Waals surface area contributed by atoms with Crippen LogP contribution in [0.4, 0.5) is 5.69 Å². The van der Waals surface area contributed by atoms with Gasteiger partial charge in [0.25, 0.3) is 0 Å². The fraction of sp³-hybridized carbons (Fsp3) is 0.360. The predicted molar refractivity (Wildman–Crippen MR) is 122 cm³/mol. The first-order chi connectivity index (χ1) is 15.6. The van der Waals surface area contributed by atoms with Crippen LogP contribution in [0.2, 0.25) is 0 Å². The summed E-state index contributed by atoms with van der Waals surface area (Å²) in [5.41, 5.74) is 1.89. The number of ether oxygens (including phenoxy) is 3. The van der Waals surface area contributed by atoms with Gasteiger partial charge in [-0.1, -0.05) is 30.3 Å². The first-order valence-electron chi connectivity index (χ1n) is 10.8. The minimum atomic E-state index is -0.659. The van der Waals surface area contributed by atoms with Gasteiger partial charge in [-0.15, -0.1) is 0 Å². The van der Waals surface area contributed by atoms with Crippen molar-refractivity contribution in [2.24, 2.45) is 0 Å². The molecule has 7 nitrogen and oxygen atoms in total. The van der Waals surface area contributed by atoms with Gasteiger partial charge in [-0.3, -0.25) is 4.90 Å². The molecule has 168 valence electrons. The van der Waals surface area contributed by atoms with Gasteiger partial charge >= 0.3 is 5.97 Å². The summed E-state index contributed by atoms with van der Waals surface area (Å²) in [6, 6.07) is 17.8. The Morgan fingerprint density at radius 2 is 1.94 bits per heavy atom. The highest BCUT2D eigenvalue weighted by atomic mass is 16.5. The van der Waals surface area contributed by atoms with Crippen LogP contribution in [0, 0.1) is 11.3 Å². The highest BCUT2D eigenvalue weighted by Gasteiger charge is 2.22. The van der Waals surface area contributed by atoms with E-state index in [2.05, 4.69) is 34.5 Å². The molecule has 1 fully saturated rings. The maximum atomic E-state index is 11.7. The van der Waals surface area contributed by atoms with E-state index in [1.807, 2.05) is 24.3 Å². The second-order valence-corrected chi connectivity index (χ2v) is 7.48. The van der Waals surface area contributed by atoms with Crippen molar-refractivity contribution in [3.05, 3.63) is 65.9 Å². The predicted octanol–water partition coefficient (Wildman–Crippen LogP) is 4.12. The van der Waals surface area contributed by atoms with Crippen molar-refractivity contribution in [1.82, 2.24) is 4.90 Å². The molecule has 0 aliphatic carbocycles. The van der Waals surface area contributed by atoms with Crippen LogP contribution >= 0.6 is 0 Å². The maximum Gasteiger partial charge on any atom is 0.350 e. The van der Waals surface area contributed by atoms with Crippen LogP contribution < -0.4 is 14.8 Å². The van der Waals surface area contributed by atoms with Crippen molar-refractivity contribution in [3.63, 3.8) is 0 Å². The molecule has 0 bridgehead atoms. The van der Waals surface area contributed by atoms with Crippen molar-refractivity contribution < 1.29 is 19.0 Å². The number of likely N-dealkylation sites (tertiary alicyclic amines) is 1. The lowest BCUT2D eigenvalue weighted by Gasteiger charge is -2.32. The lowest BCUT2D eigenvalue weighted by Crippen LogP contribution is -2.37. The number of methoxy groups -OCH3 is 1. The Morgan fingerprint density at radius 3 is 2.59 bits per heavy atom. The third-order valence-electron chi connectivity index (χ3n) is 5.24. The average Bonchev–Trinajstić information content (AvgIpc) is 2.82. The van der Waals surface area contributed by atoms with Gasteiger partial charge in [0.15, 0.2) is 17.1 Å². The zero-order valence-electron chi connectivity index (χ0n) is 18.5. The quantitative estimate of drug-likeness (QED) is 0.360. The summed E-state index contributed by atoms with van der Waals surface area (Å²) in [6.07, 6.45) is 3.35. The molecule has 0 aromatic heterocycles. The molecule has 0 spiro atoms. The average molecular weight is 436 g/mol. The molecule has 1 aliphatic rings. The first-order valence-corrected chi connectivity index (χ1v) is 10.8. The van der Waals surface area contributed by atoms with Crippen LogP contribution in [0.15, 0.2) is 60.3 Å². The second-order valence-electron chi connectivity index (χ2n) is 7.48. The minimum absolute atomic E-state index is 0.103. The molecular formula is C25H29N3O4. The molecular weight excluding hydrogens is 406 g/mol. The molecule has 1 saturated heterocycles. The van der Waals surface area contributed by atoms with E-state index in [4.69, 9.17) is 19.5 Å². The van der Waals surface area contributed by atoms with Gasteiger partial charge in [-0.25, -0.2) is 4.79 Å². The molecule has 32 heavy (non-hydrogen) atoms. The topological polar surface area (TPSA) is 83.8 Å². The van der Waals surface area contributed by atoms with Crippen molar-refractivity contribution in [2.75, 3.05) is 32.1 Å². The molecule has 1 heterocycles. The fourth-order valence-electron chi connectivity index (χ4n) is 3.56. The lowest BCUT2D eigenvalue weighted by molar-refractivity contribution is -0.138. The first kappa shape index (κ1) is 23.2. The highest BCUT2D eigenvalue weighted by molar-refractivity contribution is 5.93. The third kappa shape index (κ3) is 6.50. The van der Waals surface area contributed by atoms with Gasteiger partial charge in [-0.05, 0) is 37.5 Å². The summed E-state index contributed by atoms with van der Waals surface area (Å²) in [6.45, 7) is 4.83. The van der Waals surface area contributed by atoms with Crippen LogP contribution in [0.1, 0.15) is 25.3 Å². The van der Waals surface area contributed by atoms with Crippen LogP contribution in [0.3, 0.4) is 0 Å². The van der Waals surface area contributed by atoms with Crippen LogP contribution in [0.25, 0.3) is 0 Å².